The van der Waals surface area contributed by atoms with Gasteiger partial charge in [0, 0.05) is 25.4 Å². The first kappa shape index (κ1) is 17.3. The molecule has 0 amide bonds. The molecular formula is C17H22F2N4. The molecule has 0 aliphatic carbocycles. The number of hydrogen-bond donors (Lipinski definition) is 1. The van der Waals surface area contributed by atoms with Gasteiger partial charge in [-0.25, -0.2) is 13.8 Å². The smallest absolute Gasteiger partial charge is 0.145 e. The van der Waals surface area contributed by atoms with Crippen molar-refractivity contribution < 1.29 is 8.78 Å². The monoisotopic (exact) mass is 320 g/mol. The fourth-order valence-electron chi connectivity index (χ4n) is 2.41. The van der Waals surface area contributed by atoms with Crippen LogP contribution in [0.15, 0.2) is 36.7 Å². The number of nitrogens with zero attached hydrogens (tertiary/aromatic N) is 3. The van der Waals surface area contributed by atoms with Gasteiger partial charge in [0.25, 0.3) is 0 Å². The Bertz CT molecular complexity index is 596. The summed E-state index contributed by atoms with van der Waals surface area (Å²) in [6.45, 7) is 1.71. The minimum atomic E-state index is -0.561. The lowest BCUT2D eigenvalue weighted by atomic mass is 10.1. The summed E-state index contributed by atoms with van der Waals surface area (Å²) in [5, 5.41) is 0. The van der Waals surface area contributed by atoms with E-state index in [1.165, 1.54) is 12.1 Å². The Kier molecular flexibility index (Phi) is 6.40. The normalized spacial score (nSPS) is 18.1. The van der Waals surface area contributed by atoms with Gasteiger partial charge in [-0.05, 0) is 44.1 Å². The number of nitrogens with two attached hydrogens (primary N) is 1. The van der Waals surface area contributed by atoms with Gasteiger partial charge >= 0.3 is 0 Å². The fraction of sp³-hybridized carbons (Fsp3) is 0.412. The van der Waals surface area contributed by atoms with E-state index in [-0.39, 0.29) is 5.82 Å². The first-order valence-electron chi connectivity index (χ1n) is 7.67. The molecule has 2 heterocycles. The van der Waals surface area contributed by atoms with E-state index in [0.29, 0.717) is 24.5 Å². The molecule has 1 atom stereocenters. The maximum Gasteiger partial charge on any atom is 0.145 e. The molecule has 0 saturated carbocycles. The first-order valence-corrected chi connectivity index (χ1v) is 7.67. The van der Waals surface area contributed by atoms with E-state index < -0.39 is 6.17 Å². The average molecular weight is 320 g/mol. The molecule has 1 fully saturated rings. The molecule has 0 spiro atoms. The van der Waals surface area contributed by atoms with Gasteiger partial charge in [-0.15, -0.1) is 0 Å². The largest absolute Gasteiger partial charge is 0.382 e. The van der Waals surface area contributed by atoms with Crippen molar-refractivity contribution in [1.29, 1.82) is 0 Å². The highest BCUT2D eigenvalue weighted by Crippen LogP contribution is 2.12. The Labute approximate surface area is 135 Å². The minimum Gasteiger partial charge on any atom is -0.382 e. The Balaban J connectivity index is 0.000000203. The second-order valence-electron chi connectivity index (χ2n) is 5.69. The van der Waals surface area contributed by atoms with Gasteiger partial charge in [0.2, 0.25) is 0 Å². The molecule has 2 N–H and O–H groups in total. The topological polar surface area (TPSA) is 55.0 Å². The zero-order chi connectivity index (χ0) is 16.7. The van der Waals surface area contributed by atoms with Crippen LogP contribution in [0, 0.1) is 5.82 Å². The molecule has 0 radical (unpaired) electrons. The van der Waals surface area contributed by atoms with Crippen LogP contribution >= 0.6 is 0 Å². The Morgan fingerprint density at radius 2 is 1.91 bits per heavy atom. The predicted molar refractivity (Wildman–Crippen MR) is 87.3 cm³/mol. The van der Waals surface area contributed by atoms with E-state index in [0.717, 1.165) is 24.9 Å². The molecule has 3 rings (SSSR count). The molecule has 1 aliphatic rings. The summed E-state index contributed by atoms with van der Waals surface area (Å²) in [6.07, 6.45) is 4.94. The van der Waals surface area contributed by atoms with E-state index in [4.69, 9.17) is 5.73 Å². The number of hydrogen-bond acceptors (Lipinski definition) is 4. The van der Waals surface area contributed by atoms with Crippen LogP contribution < -0.4 is 5.73 Å². The minimum absolute atomic E-state index is 0.245. The Hall–Kier alpha value is -2.08. The summed E-state index contributed by atoms with van der Waals surface area (Å²) < 4.78 is 25.0. The van der Waals surface area contributed by atoms with Crippen LogP contribution in [0.5, 0.6) is 0 Å². The van der Waals surface area contributed by atoms with Gasteiger partial charge in [0.1, 0.15) is 17.8 Å². The van der Waals surface area contributed by atoms with Gasteiger partial charge in [-0.1, -0.05) is 12.1 Å². The van der Waals surface area contributed by atoms with Crippen LogP contribution in [0.3, 0.4) is 0 Å². The number of aromatic nitrogens is 2. The van der Waals surface area contributed by atoms with Crippen molar-refractivity contribution in [2.45, 2.75) is 25.4 Å². The standard InChI is InChI=1S/C11H10FN3.C6H12FN/c12-9-3-1-8(2-4-9)7-10-11(13)15-6-5-14-10;1-8-4-2-3-6(7)5-8/h1-6H,7H2,(H2,13,15);6H,2-5H2,1H3. The van der Waals surface area contributed by atoms with Gasteiger partial charge in [0.15, 0.2) is 0 Å². The van der Waals surface area contributed by atoms with E-state index in [2.05, 4.69) is 9.97 Å². The van der Waals surface area contributed by atoms with Crippen molar-refractivity contribution in [2.24, 2.45) is 0 Å². The van der Waals surface area contributed by atoms with Crippen molar-refractivity contribution in [3.63, 3.8) is 0 Å². The highest BCUT2D eigenvalue weighted by Gasteiger charge is 2.14. The lowest BCUT2D eigenvalue weighted by Gasteiger charge is -2.24. The van der Waals surface area contributed by atoms with Crippen molar-refractivity contribution in [3.05, 3.63) is 53.7 Å². The fourth-order valence-corrected chi connectivity index (χ4v) is 2.41. The number of nitrogen functional groups attached to an aromatic ring is 1. The molecule has 124 valence electrons. The van der Waals surface area contributed by atoms with Gasteiger partial charge in [-0.2, -0.15) is 0 Å². The number of anilines is 1. The molecule has 1 aromatic carbocycles. The van der Waals surface area contributed by atoms with Crippen molar-refractivity contribution in [2.75, 3.05) is 25.9 Å². The number of rotatable bonds is 2. The summed E-state index contributed by atoms with van der Waals surface area (Å²) in [6, 6.07) is 6.26. The Morgan fingerprint density at radius 1 is 1.22 bits per heavy atom. The molecule has 1 aliphatic heterocycles. The third-order valence-corrected chi connectivity index (χ3v) is 3.66. The Morgan fingerprint density at radius 3 is 2.48 bits per heavy atom. The zero-order valence-corrected chi connectivity index (χ0v) is 13.3. The summed E-state index contributed by atoms with van der Waals surface area (Å²) >= 11 is 0. The van der Waals surface area contributed by atoms with Gasteiger partial charge in [-0.3, -0.25) is 4.98 Å². The third kappa shape index (κ3) is 5.90. The van der Waals surface area contributed by atoms with Crippen LogP contribution in [0.25, 0.3) is 0 Å². The van der Waals surface area contributed by atoms with E-state index in [1.54, 1.807) is 24.5 Å². The van der Waals surface area contributed by atoms with Crippen LogP contribution in [0.2, 0.25) is 0 Å². The summed E-state index contributed by atoms with van der Waals surface area (Å²) in [5.74, 6) is 0.174. The first-order chi connectivity index (χ1) is 11.0. The quantitative estimate of drug-likeness (QED) is 0.924. The molecule has 1 unspecified atom stereocenters. The third-order valence-electron chi connectivity index (χ3n) is 3.66. The predicted octanol–water partition coefficient (Wildman–Crippen LogP) is 2.84. The SMILES string of the molecule is CN1CCCC(F)C1.Nc1nccnc1Cc1ccc(F)cc1. The molecule has 2 aromatic rings. The number of halogens is 2. The van der Waals surface area contributed by atoms with Crippen molar-refractivity contribution in [1.82, 2.24) is 14.9 Å². The summed E-state index contributed by atoms with van der Waals surface area (Å²) in [7, 11) is 1.96. The molecule has 1 aromatic heterocycles. The molecule has 1 saturated heterocycles. The van der Waals surface area contributed by atoms with Gasteiger partial charge < -0.3 is 10.6 Å². The van der Waals surface area contributed by atoms with E-state index >= 15 is 0 Å². The molecule has 0 bridgehead atoms. The average Bonchev–Trinajstić information content (AvgIpc) is 2.52. The maximum absolute atomic E-state index is 12.7. The lowest BCUT2D eigenvalue weighted by Crippen LogP contribution is -2.32. The summed E-state index contributed by atoms with van der Waals surface area (Å²) in [4.78, 5) is 10.1. The summed E-state index contributed by atoms with van der Waals surface area (Å²) in [5.41, 5.74) is 7.32. The molecule has 6 heteroatoms. The number of benzene rings is 1. The van der Waals surface area contributed by atoms with Crippen molar-refractivity contribution >= 4 is 5.82 Å². The zero-order valence-electron chi connectivity index (χ0n) is 13.3. The molecule has 4 nitrogen and oxygen atoms in total. The van der Waals surface area contributed by atoms with Crippen LogP contribution in [0.4, 0.5) is 14.6 Å². The van der Waals surface area contributed by atoms with E-state index in [1.807, 2.05) is 11.9 Å². The van der Waals surface area contributed by atoms with Crippen LogP contribution in [-0.4, -0.2) is 41.2 Å². The van der Waals surface area contributed by atoms with Crippen LogP contribution in [0.1, 0.15) is 24.1 Å². The van der Waals surface area contributed by atoms with Gasteiger partial charge in [0.05, 0.1) is 5.69 Å². The highest BCUT2D eigenvalue weighted by atomic mass is 19.1. The highest BCUT2D eigenvalue weighted by molar-refractivity contribution is 5.36. The molecule has 23 heavy (non-hydrogen) atoms. The second-order valence-corrected chi connectivity index (χ2v) is 5.69. The van der Waals surface area contributed by atoms with E-state index in [9.17, 15) is 8.78 Å². The number of likely N-dealkylation sites (tertiary alicyclic amines) is 1. The number of alkyl halides is 1. The number of piperidine rings is 1. The van der Waals surface area contributed by atoms with Crippen molar-refractivity contribution in [3.8, 4) is 0 Å². The maximum atomic E-state index is 12.7. The molecular weight excluding hydrogens is 298 g/mol. The van der Waals surface area contributed by atoms with Crippen LogP contribution in [-0.2, 0) is 6.42 Å². The lowest BCUT2D eigenvalue weighted by molar-refractivity contribution is 0.163. The second kappa shape index (κ2) is 8.53.